The normalized spacial score (nSPS) is 23.1. The summed E-state index contributed by atoms with van der Waals surface area (Å²) < 4.78 is 28.4. The Kier molecular flexibility index (Phi) is 6.16. The number of carbonyl (C=O) groups excluding carboxylic acids is 1. The van der Waals surface area contributed by atoms with Crippen LogP contribution in [0.2, 0.25) is 0 Å². The monoisotopic (exact) mass is 361 g/mol. The van der Waals surface area contributed by atoms with Crippen molar-refractivity contribution >= 4 is 27.5 Å². The zero-order valence-electron chi connectivity index (χ0n) is 13.4. The third-order valence-corrected chi connectivity index (χ3v) is 6.59. The Hall–Kier alpha value is -0.990. The van der Waals surface area contributed by atoms with Crippen LogP contribution >= 0.6 is 11.8 Å². The molecule has 8 heteroatoms. The van der Waals surface area contributed by atoms with Crippen LogP contribution in [0.1, 0.15) is 41.6 Å². The Morgan fingerprint density at radius 2 is 2.22 bits per heavy atom. The molecule has 0 saturated carbocycles. The smallest absolute Gasteiger partial charge is 0.287 e. The second-order valence-electron chi connectivity index (χ2n) is 5.82. The zero-order chi connectivity index (χ0) is 17.0. The number of rotatable bonds is 7. The number of aliphatic hydroxyl groups excluding tert-OH is 1. The van der Waals surface area contributed by atoms with Crippen molar-refractivity contribution in [2.75, 3.05) is 17.3 Å². The summed E-state index contributed by atoms with van der Waals surface area (Å²) in [6, 6.07) is 0.916. The summed E-state index contributed by atoms with van der Waals surface area (Å²) in [6.45, 7) is 3.95. The van der Waals surface area contributed by atoms with Gasteiger partial charge in [0, 0.05) is 11.3 Å². The second kappa shape index (κ2) is 7.72. The average Bonchev–Trinajstić information content (AvgIpc) is 2.95. The molecule has 0 aliphatic carbocycles. The SMILES string of the molecule is CCCCSCc1cc(C(=O)N[C@@H]2CS(=O)(=O)C[C@H]2O)oc1C. The predicted molar refractivity (Wildman–Crippen MR) is 90.4 cm³/mol. The van der Waals surface area contributed by atoms with E-state index in [1.54, 1.807) is 24.8 Å². The van der Waals surface area contributed by atoms with E-state index < -0.39 is 27.9 Å². The third kappa shape index (κ3) is 4.99. The second-order valence-corrected chi connectivity index (χ2v) is 9.08. The molecule has 2 atom stereocenters. The quantitative estimate of drug-likeness (QED) is 0.715. The van der Waals surface area contributed by atoms with Crippen LogP contribution in [0.5, 0.6) is 0 Å². The van der Waals surface area contributed by atoms with E-state index in [1.165, 1.54) is 0 Å². The number of furan rings is 1. The summed E-state index contributed by atoms with van der Waals surface area (Å²) in [5, 5.41) is 12.3. The van der Waals surface area contributed by atoms with Crippen molar-refractivity contribution in [1.82, 2.24) is 5.32 Å². The van der Waals surface area contributed by atoms with Crippen LogP contribution < -0.4 is 5.32 Å². The van der Waals surface area contributed by atoms with E-state index in [4.69, 9.17) is 4.42 Å². The highest BCUT2D eigenvalue weighted by Gasteiger charge is 2.37. The summed E-state index contributed by atoms with van der Waals surface area (Å²) in [5.74, 6) is 1.66. The van der Waals surface area contributed by atoms with Gasteiger partial charge in [-0.05, 0) is 25.2 Å². The first-order valence-electron chi connectivity index (χ1n) is 7.69. The minimum Gasteiger partial charge on any atom is -0.456 e. The van der Waals surface area contributed by atoms with Crippen LogP contribution in [0.4, 0.5) is 0 Å². The van der Waals surface area contributed by atoms with E-state index in [9.17, 15) is 18.3 Å². The first-order chi connectivity index (χ1) is 10.8. The lowest BCUT2D eigenvalue weighted by molar-refractivity contribution is 0.0860. The van der Waals surface area contributed by atoms with E-state index in [-0.39, 0.29) is 17.3 Å². The first kappa shape index (κ1) is 18.4. The number of amides is 1. The summed E-state index contributed by atoms with van der Waals surface area (Å²) in [5.41, 5.74) is 0.968. The average molecular weight is 361 g/mol. The van der Waals surface area contributed by atoms with Gasteiger partial charge in [-0.15, -0.1) is 0 Å². The number of carbonyl (C=O) groups is 1. The molecule has 0 bridgehead atoms. The van der Waals surface area contributed by atoms with Gasteiger partial charge in [-0.1, -0.05) is 13.3 Å². The molecule has 6 nitrogen and oxygen atoms in total. The highest BCUT2D eigenvalue weighted by Crippen LogP contribution is 2.22. The van der Waals surface area contributed by atoms with Crippen LogP contribution in [-0.4, -0.2) is 48.8 Å². The van der Waals surface area contributed by atoms with Crippen molar-refractivity contribution in [3.05, 3.63) is 23.2 Å². The van der Waals surface area contributed by atoms with Crippen molar-refractivity contribution < 1.29 is 22.7 Å². The zero-order valence-corrected chi connectivity index (χ0v) is 15.0. The Morgan fingerprint density at radius 1 is 1.48 bits per heavy atom. The number of nitrogens with one attached hydrogen (secondary N) is 1. The van der Waals surface area contributed by atoms with Crippen LogP contribution in [0.3, 0.4) is 0 Å². The van der Waals surface area contributed by atoms with Gasteiger partial charge in [0.1, 0.15) is 5.76 Å². The van der Waals surface area contributed by atoms with Gasteiger partial charge in [0.25, 0.3) is 5.91 Å². The fourth-order valence-electron chi connectivity index (χ4n) is 2.41. The number of hydrogen-bond acceptors (Lipinski definition) is 6. The third-order valence-electron chi connectivity index (χ3n) is 3.78. The maximum atomic E-state index is 12.2. The van der Waals surface area contributed by atoms with E-state index in [1.807, 2.05) is 0 Å². The maximum Gasteiger partial charge on any atom is 0.287 e. The fourth-order valence-corrected chi connectivity index (χ4v) is 5.29. The van der Waals surface area contributed by atoms with Crippen molar-refractivity contribution in [3.63, 3.8) is 0 Å². The molecule has 130 valence electrons. The lowest BCUT2D eigenvalue weighted by Crippen LogP contribution is -2.42. The van der Waals surface area contributed by atoms with Gasteiger partial charge in [0.05, 0.1) is 23.7 Å². The molecule has 23 heavy (non-hydrogen) atoms. The minimum atomic E-state index is -3.29. The molecule has 0 radical (unpaired) electrons. The van der Waals surface area contributed by atoms with Gasteiger partial charge in [-0.3, -0.25) is 4.79 Å². The molecule has 0 spiro atoms. The van der Waals surface area contributed by atoms with Crippen molar-refractivity contribution in [2.24, 2.45) is 0 Å². The molecule has 1 fully saturated rings. The molecule has 1 amide bonds. The van der Waals surface area contributed by atoms with Crippen LogP contribution in [0, 0.1) is 6.92 Å². The standard InChI is InChI=1S/C15H23NO5S2/c1-3-4-5-22-7-11-6-14(21-10(11)2)15(18)16-12-8-23(19,20)9-13(12)17/h6,12-13,17H,3-5,7-9H2,1-2H3,(H,16,18)/t12-,13-/m1/s1. The topological polar surface area (TPSA) is 96.6 Å². The molecule has 0 unspecified atom stereocenters. The van der Waals surface area contributed by atoms with E-state index in [0.29, 0.717) is 5.76 Å². The lowest BCUT2D eigenvalue weighted by atomic mass is 10.2. The molecular formula is C15H23NO5S2. The maximum absolute atomic E-state index is 12.2. The highest BCUT2D eigenvalue weighted by molar-refractivity contribution is 7.98. The molecule has 1 aliphatic rings. The number of unbranched alkanes of at least 4 members (excludes halogenated alkanes) is 1. The summed E-state index contributed by atoms with van der Waals surface area (Å²) >= 11 is 1.79. The van der Waals surface area contributed by atoms with Crippen molar-refractivity contribution in [3.8, 4) is 0 Å². The van der Waals surface area contributed by atoms with E-state index >= 15 is 0 Å². The van der Waals surface area contributed by atoms with Gasteiger partial charge in [-0.2, -0.15) is 11.8 Å². The van der Waals surface area contributed by atoms with E-state index in [0.717, 1.165) is 29.9 Å². The van der Waals surface area contributed by atoms with Gasteiger partial charge >= 0.3 is 0 Å². The summed E-state index contributed by atoms with van der Waals surface area (Å²) in [7, 11) is -3.29. The van der Waals surface area contributed by atoms with Crippen molar-refractivity contribution in [2.45, 2.75) is 44.6 Å². The number of aryl methyl sites for hydroxylation is 1. The molecule has 2 rings (SSSR count). The first-order valence-corrected chi connectivity index (χ1v) is 10.7. The number of sulfone groups is 1. The molecule has 1 aromatic rings. The molecule has 1 aliphatic heterocycles. The molecule has 0 aromatic carbocycles. The number of thioether (sulfide) groups is 1. The molecule has 1 saturated heterocycles. The molecule has 2 heterocycles. The van der Waals surface area contributed by atoms with Crippen molar-refractivity contribution in [1.29, 1.82) is 0 Å². The van der Waals surface area contributed by atoms with Gasteiger partial charge < -0.3 is 14.8 Å². The van der Waals surface area contributed by atoms with Gasteiger partial charge in [0.2, 0.25) is 0 Å². The molecular weight excluding hydrogens is 338 g/mol. The molecule has 2 N–H and O–H groups in total. The minimum absolute atomic E-state index is 0.157. The summed E-state index contributed by atoms with van der Waals surface area (Å²) in [6.07, 6.45) is 1.24. The highest BCUT2D eigenvalue weighted by atomic mass is 32.2. The Labute approximate surface area is 140 Å². The largest absolute Gasteiger partial charge is 0.456 e. The Balaban J connectivity index is 1.95. The van der Waals surface area contributed by atoms with Gasteiger partial charge in [0.15, 0.2) is 15.6 Å². The Morgan fingerprint density at radius 3 is 2.83 bits per heavy atom. The van der Waals surface area contributed by atoms with E-state index in [2.05, 4.69) is 12.2 Å². The summed E-state index contributed by atoms with van der Waals surface area (Å²) in [4.78, 5) is 12.2. The fraction of sp³-hybridized carbons (Fsp3) is 0.667. The van der Waals surface area contributed by atoms with Crippen LogP contribution in [0.25, 0.3) is 0 Å². The van der Waals surface area contributed by atoms with Crippen LogP contribution in [-0.2, 0) is 15.6 Å². The number of hydrogen-bond donors (Lipinski definition) is 2. The lowest BCUT2D eigenvalue weighted by Gasteiger charge is -2.13. The predicted octanol–water partition coefficient (Wildman–Crippen LogP) is 1.51. The molecule has 1 aromatic heterocycles. The van der Waals surface area contributed by atoms with Gasteiger partial charge in [-0.25, -0.2) is 8.42 Å². The Bertz CT molecular complexity index is 653. The number of aliphatic hydroxyl groups is 1. The van der Waals surface area contributed by atoms with Crippen LogP contribution in [0.15, 0.2) is 10.5 Å².